The van der Waals surface area contributed by atoms with Gasteiger partial charge in [-0.05, 0) is 83.8 Å². The average Bonchev–Trinajstić information content (AvgIpc) is 3.45. The maximum Gasteiger partial charge on any atom is 0.0723 e. The SMILES string of the molecule is CC1(C)c2ccc(-c3ccc(-c4ccc(C=N/C(=C\C(=N)c5ccccc5)c5ccccc5)c5ccccc45)cc3)cc2-c2c1ccc1ccccc21. The lowest BCUT2D eigenvalue weighted by Crippen LogP contribution is -2.14. The molecule has 0 fully saturated rings. The fraction of sp³-hybridized carbons (Fsp3) is 0.0588. The van der Waals surface area contributed by atoms with E-state index in [9.17, 15) is 0 Å². The minimum absolute atomic E-state index is 0.0421. The van der Waals surface area contributed by atoms with Gasteiger partial charge in [0.25, 0.3) is 0 Å². The first kappa shape index (κ1) is 32.3. The van der Waals surface area contributed by atoms with Crippen LogP contribution in [0.1, 0.15) is 41.7 Å². The van der Waals surface area contributed by atoms with Crippen molar-refractivity contribution in [2.45, 2.75) is 19.3 Å². The Balaban J connectivity index is 1.05. The van der Waals surface area contributed by atoms with Gasteiger partial charge in [0.05, 0.1) is 11.4 Å². The predicted octanol–water partition coefficient (Wildman–Crippen LogP) is 13.2. The molecule has 0 saturated heterocycles. The summed E-state index contributed by atoms with van der Waals surface area (Å²) in [4.78, 5) is 4.99. The molecule has 0 aliphatic heterocycles. The lowest BCUT2D eigenvalue weighted by Gasteiger charge is -2.21. The van der Waals surface area contributed by atoms with Crippen LogP contribution in [0.2, 0.25) is 0 Å². The Morgan fingerprint density at radius 2 is 1.11 bits per heavy atom. The Morgan fingerprint density at radius 3 is 1.87 bits per heavy atom. The number of fused-ring (bicyclic) bond motifs is 6. The molecule has 0 spiro atoms. The van der Waals surface area contributed by atoms with E-state index in [0.717, 1.165) is 27.8 Å². The Hall–Kier alpha value is -6.64. The first-order valence-corrected chi connectivity index (χ1v) is 18.2. The standard InChI is InChI=1S/C51H38N2/c1-51(2)46-29-27-39(31-45(46)50-43-19-10-9-13-35(43)26-30-47(50)51)34-21-23-36(24-22-34)42-28-25-40(41-18-11-12-20-44(41)42)33-53-49(38-16-7-4-8-17-38)32-48(52)37-14-5-3-6-15-37/h3-33,52H,1-2H3/b49-32-,52-48?,53-33?. The van der Waals surface area contributed by atoms with E-state index in [1.54, 1.807) is 0 Å². The summed E-state index contributed by atoms with van der Waals surface area (Å²) in [7, 11) is 0. The molecular weight excluding hydrogens is 641 g/mol. The summed E-state index contributed by atoms with van der Waals surface area (Å²) in [6.07, 6.45) is 3.78. The van der Waals surface area contributed by atoms with Gasteiger partial charge >= 0.3 is 0 Å². The van der Waals surface area contributed by atoms with Crippen LogP contribution in [0.5, 0.6) is 0 Å². The molecule has 53 heavy (non-hydrogen) atoms. The first-order chi connectivity index (χ1) is 26.0. The van der Waals surface area contributed by atoms with Crippen molar-refractivity contribution in [3.05, 3.63) is 210 Å². The van der Waals surface area contributed by atoms with Crippen LogP contribution in [-0.4, -0.2) is 11.9 Å². The molecule has 8 aromatic rings. The predicted molar refractivity (Wildman–Crippen MR) is 225 cm³/mol. The second kappa shape index (κ2) is 13.2. The molecule has 9 rings (SSSR count). The molecule has 0 heterocycles. The normalized spacial score (nSPS) is 13.4. The number of hydrogen-bond donors (Lipinski definition) is 1. The molecule has 1 N–H and O–H groups in total. The topological polar surface area (TPSA) is 36.2 Å². The lowest BCUT2D eigenvalue weighted by molar-refractivity contribution is 0.661. The van der Waals surface area contributed by atoms with Gasteiger partial charge in [-0.1, -0.05) is 184 Å². The van der Waals surface area contributed by atoms with Crippen molar-refractivity contribution >= 4 is 39.2 Å². The maximum absolute atomic E-state index is 8.77. The van der Waals surface area contributed by atoms with Crippen LogP contribution in [0.3, 0.4) is 0 Å². The highest BCUT2D eigenvalue weighted by Crippen LogP contribution is 2.52. The zero-order chi connectivity index (χ0) is 35.9. The summed E-state index contributed by atoms with van der Waals surface area (Å²) < 4.78 is 0. The zero-order valence-corrected chi connectivity index (χ0v) is 29.8. The van der Waals surface area contributed by atoms with Gasteiger partial charge in [-0.2, -0.15) is 0 Å². The van der Waals surface area contributed by atoms with Crippen LogP contribution in [0.25, 0.3) is 60.6 Å². The first-order valence-electron chi connectivity index (χ1n) is 18.2. The second-order valence-electron chi connectivity index (χ2n) is 14.4. The van der Waals surface area contributed by atoms with Gasteiger partial charge in [-0.25, -0.2) is 0 Å². The Morgan fingerprint density at radius 1 is 0.509 bits per heavy atom. The molecule has 0 amide bonds. The molecule has 0 radical (unpaired) electrons. The monoisotopic (exact) mass is 678 g/mol. The summed E-state index contributed by atoms with van der Waals surface area (Å²) in [5, 5.41) is 13.7. The summed E-state index contributed by atoms with van der Waals surface area (Å²) in [5.74, 6) is 0. The third-order valence-corrected chi connectivity index (χ3v) is 10.8. The molecule has 2 nitrogen and oxygen atoms in total. The maximum atomic E-state index is 8.77. The van der Waals surface area contributed by atoms with Crippen LogP contribution in [0, 0.1) is 5.41 Å². The molecule has 252 valence electrons. The van der Waals surface area contributed by atoms with Gasteiger partial charge in [0.15, 0.2) is 0 Å². The van der Waals surface area contributed by atoms with Crippen molar-refractivity contribution < 1.29 is 0 Å². The highest BCUT2D eigenvalue weighted by atomic mass is 14.7. The van der Waals surface area contributed by atoms with Gasteiger partial charge in [0.2, 0.25) is 0 Å². The van der Waals surface area contributed by atoms with Crippen molar-refractivity contribution in [1.29, 1.82) is 5.41 Å². The van der Waals surface area contributed by atoms with Crippen LogP contribution in [0.15, 0.2) is 187 Å². The second-order valence-corrected chi connectivity index (χ2v) is 14.4. The average molecular weight is 679 g/mol. The van der Waals surface area contributed by atoms with Gasteiger partial charge in [-0.3, -0.25) is 4.99 Å². The molecule has 0 saturated carbocycles. The van der Waals surface area contributed by atoms with E-state index in [4.69, 9.17) is 10.4 Å². The highest BCUT2D eigenvalue weighted by Gasteiger charge is 2.36. The van der Waals surface area contributed by atoms with Crippen LogP contribution in [-0.2, 0) is 5.41 Å². The van der Waals surface area contributed by atoms with Crippen LogP contribution >= 0.6 is 0 Å². The molecule has 1 aliphatic carbocycles. The molecule has 0 unspecified atom stereocenters. The molecular formula is C51H38N2. The van der Waals surface area contributed by atoms with E-state index in [2.05, 4.69) is 129 Å². The smallest absolute Gasteiger partial charge is 0.0723 e. The van der Waals surface area contributed by atoms with Gasteiger partial charge in [0.1, 0.15) is 0 Å². The number of nitrogens with one attached hydrogen (secondary N) is 1. The number of allylic oxidation sites excluding steroid dienone is 1. The Bertz CT molecular complexity index is 2730. The number of aliphatic imine (C=N–C) groups is 1. The largest absolute Gasteiger partial charge is 0.300 e. The molecule has 1 aliphatic rings. The van der Waals surface area contributed by atoms with Crippen molar-refractivity contribution in [2.75, 3.05) is 0 Å². The number of nitrogens with zero attached hydrogens (tertiary/aromatic N) is 1. The van der Waals surface area contributed by atoms with E-state index in [1.165, 1.54) is 60.7 Å². The molecule has 0 atom stereocenters. The summed E-state index contributed by atoms with van der Waals surface area (Å²) in [6, 6.07) is 62.2. The molecule has 0 bridgehead atoms. The van der Waals surface area contributed by atoms with Crippen molar-refractivity contribution in [2.24, 2.45) is 4.99 Å². The number of rotatable bonds is 7. The number of benzene rings is 8. The zero-order valence-electron chi connectivity index (χ0n) is 29.8. The highest BCUT2D eigenvalue weighted by molar-refractivity contribution is 6.12. The molecule has 2 heteroatoms. The van der Waals surface area contributed by atoms with Gasteiger partial charge in [-0.15, -0.1) is 0 Å². The van der Waals surface area contributed by atoms with E-state index in [0.29, 0.717) is 5.71 Å². The van der Waals surface area contributed by atoms with E-state index in [-0.39, 0.29) is 5.41 Å². The quantitative estimate of drug-likeness (QED) is 0.163. The van der Waals surface area contributed by atoms with Gasteiger partial charge < -0.3 is 5.41 Å². The summed E-state index contributed by atoms with van der Waals surface area (Å²) >= 11 is 0. The summed E-state index contributed by atoms with van der Waals surface area (Å²) in [6.45, 7) is 4.69. The number of hydrogen-bond acceptors (Lipinski definition) is 2. The van der Waals surface area contributed by atoms with Crippen molar-refractivity contribution in [3.63, 3.8) is 0 Å². The van der Waals surface area contributed by atoms with E-state index in [1.807, 2.05) is 73.0 Å². The lowest BCUT2D eigenvalue weighted by atomic mass is 9.82. The van der Waals surface area contributed by atoms with Crippen molar-refractivity contribution in [1.82, 2.24) is 0 Å². The van der Waals surface area contributed by atoms with Crippen molar-refractivity contribution in [3.8, 4) is 33.4 Å². The van der Waals surface area contributed by atoms with Crippen LogP contribution < -0.4 is 0 Å². The minimum atomic E-state index is -0.0421. The Kier molecular flexibility index (Phi) is 8.01. The molecule has 8 aromatic carbocycles. The third kappa shape index (κ3) is 5.79. The fourth-order valence-corrected chi connectivity index (χ4v) is 8.01. The Labute approximate surface area is 311 Å². The van der Waals surface area contributed by atoms with Crippen LogP contribution in [0.4, 0.5) is 0 Å². The van der Waals surface area contributed by atoms with Gasteiger partial charge in [0, 0.05) is 22.8 Å². The summed E-state index contributed by atoms with van der Waals surface area (Å²) in [5.41, 5.74) is 14.3. The molecule has 0 aromatic heterocycles. The van der Waals surface area contributed by atoms with E-state index < -0.39 is 0 Å². The fourth-order valence-electron chi connectivity index (χ4n) is 8.01. The minimum Gasteiger partial charge on any atom is -0.300 e. The van der Waals surface area contributed by atoms with E-state index >= 15 is 0 Å². The third-order valence-electron chi connectivity index (χ3n) is 10.8.